The molecule has 0 saturated carbocycles. The topological polar surface area (TPSA) is 92.3 Å². The van der Waals surface area contributed by atoms with Crippen molar-refractivity contribution in [3.8, 4) is 0 Å². The molecule has 2 aromatic carbocycles. The average Bonchev–Trinajstić information content (AvgIpc) is 2.66. The zero-order valence-corrected chi connectivity index (χ0v) is 16.9. The number of rotatable bonds is 9. The van der Waals surface area contributed by atoms with Gasteiger partial charge in [0.1, 0.15) is 6.04 Å². The van der Waals surface area contributed by atoms with E-state index in [9.17, 15) is 18.0 Å². The lowest BCUT2D eigenvalue weighted by Crippen LogP contribution is -2.42. The van der Waals surface area contributed by atoms with Gasteiger partial charge in [-0.3, -0.25) is 9.59 Å². The highest BCUT2D eigenvalue weighted by Gasteiger charge is 2.23. The van der Waals surface area contributed by atoms with E-state index in [1.165, 1.54) is 12.1 Å². The summed E-state index contributed by atoms with van der Waals surface area (Å²) in [7, 11) is -3.49. The molecule has 0 fully saturated rings. The third-order valence-electron chi connectivity index (χ3n) is 4.07. The van der Waals surface area contributed by atoms with Crippen molar-refractivity contribution in [2.75, 3.05) is 12.3 Å². The second-order valence-corrected chi connectivity index (χ2v) is 9.04. The van der Waals surface area contributed by atoms with Gasteiger partial charge < -0.3 is 10.6 Å². The predicted molar refractivity (Wildman–Crippen MR) is 108 cm³/mol. The van der Waals surface area contributed by atoms with E-state index < -0.39 is 21.8 Å². The van der Waals surface area contributed by atoms with E-state index in [4.69, 9.17) is 0 Å². The average molecular weight is 403 g/mol. The van der Waals surface area contributed by atoms with Gasteiger partial charge in [-0.25, -0.2) is 8.42 Å². The third kappa shape index (κ3) is 6.49. The van der Waals surface area contributed by atoms with Crippen molar-refractivity contribution in [2.45, 2.75) is 31.2 Å². The minimum atomic E-state index is -3.49. The zero-order valence-electron chi connectivity index (χ0n) is 16.1. The Morgan fingerprint density at radius 1 is 0.929 bits per heavy atom. The number of nitrogens with one attached hydrogen (secondary N) is 2. The van der Waals surface area contributed by atoms with Crippen LogP contribution in [0.15, 0.2) is 65.6 Å². The number of amides is 2. The molecule has 2 amide bonds. The highest BCUT2D eigenvalue weighted by Crippen LogP contribution is 2.14. The van der Waals surface area contributed by atoms with Crippen molar-refractivity contribution in [1.82, 2.24) is 10.6 Å². The molecule has 150 valence electrons. The van der Waals surface area contributed by atoms with Crippen molar-refractivity contribution in [2.24, 2.45) is 5.92 Å². The van der Waals surface area contributed by atoms with E-state index in [0.29, 0.717) is 12.0 Å². The number of hydrogen-bond donors (Lipinski definition) is 2. The minimum absolute atomic E-state index is 0.0422. The molecule has 0 heterocycles. The van der Waals surface area contributed by atoms with Crippen molar-refractivity contribution >= 4 is 21.7 Å². The molecule has 2 N–H and O–H groups in total. The first-order valence-electron chi connectivity index (χ1n) is 9.19. The van der Waals surface area contributed by atoms with Gasteiger partial charge in [0.15, 0.2) is 9.84 Å². The van der Waals surface area contributed by atoms with Crippen LogP contribution >= 0.6 is 0 Å². The van der Waals surface area contributed by atoms with E-state index >= 15 is 0 Å². The summed E-state index contributed by atoms with van der Waals surface area (Å²) in [6.07, 6.45) is 0.305. The van der Waals surface area contributed by atoms with E-state index in [0.717, 1.165) is 0 Å². The Morgan fingerprint density at radius 2 is 1.50 bits per heavy atom. The molecule has 0 bridgehead atoms. The largest absolute Gasteiger partial charge is 0.353 e. The fourth-order valence-corrected chi connectivity index (χ4v) is 3.87. The van der Waals surface area contributed by atoms with E-state index in [2.05, 4.69) is 10.6 Å². The van der Waals surface area contributed by atoms with Gasteiger partial charge in [0.25, 0.3) is 0 Å². The van der Waals surface area contributed by atoms with Gasteiger partial charge in [-0.05, 0) is 23.6 Å². The summed E-state index contributed by atoms with van der Waals surface area (Å²) in [5.74, 6) is -0.720. The Labute approximate surface area is 166 Å². The van der Waals surface area contributed by atoms with Gasteiger partial charge in [0.2, 0.25) is 11.8 Å². The van der Waals surface area contributed by atoms with Crippen LogP contribution in [-0.2, 0) is 19.4 Å². The maximum absolute atomic E-state index is 12.7. The standard InChI is InChI=1S/C21H26N2O4S/c1-16(2)15-19(24)23-20(17-9-5-3-6-10-17)21(25)22-13-14-28(26,27)18-11-7-4-8-12-18/h3-12,16,20H,13-15H2,1-2H3,(H,22,25)(H,23,24). The summed E-state index contributed by atoms with van der Waals surface area (Å²) < 4.78 is 24.7. The molecule has 2 aromatic rings. The molecule has 1 unspecified atom stereocenters. The SMILES string of the molecule is CC(C)CC(=O)NC(C(=O)NCCS(=O)(=O)c1ccccc1)c1ccccc1. The first kappa shape index (κ1) is 21.6. The Hall–Kier alpha value is -2.67. The van der Waals surface area contributed by atoms with Crippen molar-refractivity contribution in [1.29, 1.82) is 0 Å². The van der Waals surface area contributed by atoms with Gasteiger partial charge in [-0.2, -0.15) is 0 Å². The normalized spacial score (nSPS) is 12.4. The molecule has 28 heavy (non-hydrogen) atoms. The van der Waals surface area contributed by atoms with Gasteiger partial charge >= 0.3 is 0 Å². The van der Waals surface area contributed by atoms with Gasteiger partial charge in [0.05, 0.1) is 10.6 Å². The van der Waals surface area contributed by atoms with Crippen LogP contribution in [-0.4, -0.2) is 32.5 Å². The van der Waals surface area contributed by atoms with Crippen molar-refractivity contribution in [3.63, 3.8) is 0 Å². The molecule has 1 atom stereocenters. The van der Waals surface area contributed by atoms with Crippen LogP contribution in [0, 0.1) is 5.92 Å². The number of hydrogen-bond acceptors (Lipinski definition) is 4. The van der Waals surface area contributed by atoms with E-state index in [1.54, 1.807) is 42.5 Å². The summed E-state index contributed by atoms with van der Waals surface area (Å²) in [6, 6.07) is 16.1. The summed E-state index contributed by atoms with van der Waals surface area (Å²) >= 11 is 0. The lowest BCUT2D eigenvalue weighted by atomic mass is 10.0. The van der Waals surface area contributed by atoms with Gasteiger partial charge in [0, 0.05) is 13.0 Å². The monoisotopic (exact) mass is 402 g/mol. The Kier molecular flexibility index (Phi) is 7.75. The highest BCUT2D eigenvalue weighted by molar-refractivity contribution is 7.91. The molecule has 0 aliphatic rings. The third-order valence-corrected chi connectivity index (χ3v) is 5.80. The summed E-state index contributed by atoms with van der Waals surface area (Å²) in [6.45, 7) is 3.80. The van der Waals surface area contributed by atoms with Crippen LogP contribution in [0.3, 0.4) is 0 Å². The maximum Gasteiger partial charge on any atom is 0.247 e. The Bertz CT molecular complexity index is 881. The van der Waals surface area contributed by atoms with E-state index in [-0.39, 0.29) is 29.0 Å². The quantitative estimate of drug-likeness (QED) is 0.674. The second kappa shape index (κ2) is 10.0. The molecule has 0 aliphatic carbocycles. The van der Waals surface area contributed by atoms with Crippen molar-refractivity contribution < 1.29 is 18.0 Å². The fraction of sp³-hybridized carbons (Fsp3) is 0.333. The number of carbonyl (C=O) groups is 2. The molecule has 0 aromatic heterocycles. The number of benzene rings is 2. The number of sulfone groups is 1. The molecular formula is C21H26N2O4S. The van der Waals surface area contributed by atoms with Gasteiger partial charge in [-0.15, -0.1) is 0 Å². The molecule has 0 saturated heterocycles. The van der Waals surface area contributed by atoms with Crippen LogP contribution < -0.4 is 10.6 Å². The van der Waals surface area contributed by atoms with Crippen LogP contribution in [0.25, 0.3) is 0 Å². The van der Waals surface area contributed by atoms with Crippen LogP contribution in [0.5, 0.6) is 0 Å². The first-order chi connectivity index (χ1) is 13.3. The smallest absolute Gasteiger partial charge is 0.247 e. The zero-order chi connectivity index (χ0) is 20.6. The molecule has 7 heteroatoms. The van der Waals surface area contributed by atoms with Crippen LogP contribution in [0.1, 0.15) is 31.9 Å². The van der Waals surface area contributed by atoms with Crippen molar-refractivity contribution in [3.05, 3.63) is 66.2 Å². The molecule has 2 rings (SSSR count). The summed E-state index contributed by atoms with van der Waals surface area (Å²) in [4.78, 5) is 25.1. The van der Waals surface area contributed by atoms with Crippen LogP contribution in [0.2, 0.25) is 0 Å². The Morgan fingerprint density at radius 3 is 2.07 bits per heavy atom. The Balaban J connectivity index is 2.03. The second-order valence-electron chi connectivity index (χ2n) is 6.93. The predicted octanol–water partition coefficient (Wildman–Crippen LogP) is 2.48. The summed E-state index contributed by atoms with van der Waals surface area (Å²) in [5.41, 5.74) is 0.642. The highest BCUT2D eigenvalue weighted by atomic mass is 32.2. The molecule has 0 aliphatic heterocycles. The molecule has 0 radical (unpaired) electrons. The van der Waals surface area contributed by atoms with E-state index in [1.807, 2.05) is 19.9 Å². The lowest BCUT2D eigenvalue weighted by molar-refractivity contribution is -0.129. The molecule has 6 nitrogen and oxygen atoms in total. The van der Waals surface area contributed by atoms with Gasteiger partial charge in [-0.1, -0.05) is 62.4 Å². The lowest BCUT2D eigenvalue weighted by Gasteiger charge is -2.19. The number of carbonyl (C=O) groups excluding carboxylic acids is 2. The molecular weight excluding hydrogens is 376 g/mol. The fourth-order valence-electron chi connectivity index (χ4n) is 2.69. The minimum Gasteiger partial charge on any atom is -0.353 e. The first-order valence-corrected chi connectivity index (χ1v) is 10.8. The summed E-state index contributed by atoms with van der Waals surface area (Å²) in [5, 5.41) is 5.38. The van der Waals surface area contributed by atoms with Crippen LogP contribution in [0.4, 0.5) is 0 Å². The maximum atomic E-state index is 12.7. The molecule has 0 spiro atoms.